The van der Waals surface area contributed by atoms with Gasteiger partial charge in [0.15, 0.2) is 11.5 Å². The first kappa shape index (κ1) is 17.8. The summed E-state index contributed by atoms with van der Waals surface area (Å²) in [6, 6.07) is 0. The molecule has 1 saturated carbocycles. The second-order valence-electron chi connectivity index (χ2n) is 9.27. The molecule has 0 aromatic heterocycles. The standard InChI is InChI=1S/C23H30O3/c1-6-26-18-11-17(24)19-15-8-7-13(2)22(4)10-9-14(3)23(5,21(15)22)12-16(19)20(18)25/h7,11,14-15,21H,6,8-10,12H2,1-5H3. The molecule has 5 unspecified atom stereocenters. The molecule has 26 heavy (non-hydrogen) atoms. The number of carbonyl (C=O) groups is 2. The first-order chi connectivity index (χ1) is 12.2. The second kappa shape index (κ2) is 5.68. The van der Waals surface area contributed by atoms with Crippen molar-refractivity contribution < 1.29 is 14.3 Å². The smallest absolute Gasteiger partial charge is 0.224 e. The predicted molar refractivity (Wildman–Crippen MR) is 101 cm³/mol. The van der Waals surface area contributed by atoms with Crippen molar-refractivity contribution in [3.05, 3.63) is 34.6 Å². The summed E-state index contributed by atoms with van der Waals surface area (Å²) in [5.74, 6) is 1.34. The van der Waals surface area contributed by atoms with Crippen LogP contribution in [-0.4, -0.2) is 18.2 Å². The molecule has 0 spiro atoms. The number of hydrogen-bond acceptors (Lipinski definition) is 3. The van der Waals surface area contributed by atoms with Gasteiger partial charge in [0.2, 0.25) is 5.78 Å². The van der Waals surface area contributed by atoms with Crippen molar-refractivity contribution in [1.82, 2.24) is 0 Å². The Morgan fingerprint density at radius 1 is 1.27 bits per heavy atom. The molecule has 140 valence electrons. The Morgan fingerprint density at radius 3 is 2.69 bits per heavy atom. The van der Waals surface area contributed by atoms with E-state index in [1.165, 1.54) is 24.5 Å². The number of fused-ring (bicyclic) bond motifs is 1. The monoisotopic (exact) mass is 354 g/mol. The lowest BCUT2D eigenvalue weighted by Gasteiger charge is -2.63. The topological polar surface area (TPSA) is 43.4 Å². The van der Waals surface area contributed by atoms with E-state index in [2.05, 4.69) is 33.8 Å². The third kappa shape index (κ3) is 2.12. The van der Waals surface area contributed by atoms with Crippen molar-refractivity contribution in [3.63, 3.8) is 0 Å². The minimum Gasteiger partial charge on any atom is -0.490 e. The summed E-state index contributed by atoms with van der Waals surface area (Å²) in [5.41, 5.74) is 3.20. The summed E-state index contributed by atoms with van der Waals surface area (Å²) in [7, 11) is 0. The summed E-state index contributed by atoms with van der Waals surface area (Å²) >= 11 is 0. The molecule has 0 heterocycles. The van der Waals surface area contributed by atoms with Crippen molar-refractivity contribution in [2.45, 2.75) is 60.3 Å². The highest BCUT2D eigenvalue weighted by molar-refractivity contribution is 6.22. The highest BCUT2D eigenvalue weighted by Gasteiger charge is 2.61. The van der Waals surface area contributed by atoms with Crippen LogP contribution in [0.15, 0.2) is 34.6 Å². The fourth-order valence-corrected chi connectivity index (χ4v) is 6.53. The molecule has 4 aliphatic rings. The van der Waals surface area contributed by atoms with Crippen LogP contribution in [0.2, 0.25) is 0 Å². The van der Waals surface area contributed by atoms with E-state index >= 15 is 0 Å². The lowest BCUT2D eigenvalue weighted by atomic mass is 9.41. The zero-order chi connectivity index (χ0) is 18.9. The molecule has 0 N–H and O–H groups in total. The molecule has 3 heteroatoms. The summed E-state index contributed by atoms with van der Waals surface area (Å²) in [6.07, 6.45) is 7.72. The third-order valence-electron chi connectivity index (χ3n) is 8.18. The van der Waals surface area contributed by atoms with E-state index in [1.54, 1.807) is 0 Å². The van der Waals surface area contributed by atoms with Gasteiger partial charge in [-0.15, -0.1) is 0 Å². The fourth-order valence-electron chi connectivity index (χ4n) is 6.53. The Labute approximate surface area is 156 Å². The molecule has 0 bridgehead atoms. The van der Waals surface area contributed by atoms with Gasteiger partial charge in [0.25, 0.3) is 0 Å². The summed E-state index contributed by atoms with van der Waals surface area (Å²) in [5, 5.41) is 0. The molecule has 0 aromatic carbocycles. The van der Waals surface area contributed by atoms with E-state index in [4.69, 9.17) is 4.74 Å². The Kier molecular flexibility index (Phi) is 3.88. The van der Waals surface area contributed by atoms with Crippen LogP contribution in [-0.2, 0) is 14.3 Å². The van der Waals surface area contributed by atoms with Crippen molar-refractivity contribution in [3.8, 4) is 0 Å². The van der Waals surface area contributed by atoms with E-state index in [0.717, 1.165) is 17.6 Å². The normalized spacial score (nSPS) is 42.0. The van der Waals surface area contributed by atoms with Gasteiger partial charge in [0.1, 0.15) is 0 Å². The SMILES string of the molecule is CCOC1=CC(=O)C2=C(CC3(C)C(C)CCC4(C)C(C)=CCC2C43)C1=O. The molecule has 3 nitrogen and oxygen atoms in total. The summed E-state index contributed by atoms with van der Waals surface area (Å²) in [6.45, 7) is 11.6. The van der Waals surface area contributed by atoms with Crippen LogP contribution in [0, 0.1) is 28.6 Å². The van der Waals surface area contributed by atoms with Gasteiger partial charge < -0.3 is 4.74 Å². The molecule has 0 aromatic rings. The minimum atomic E-state index is -0.0492. The van der Waals surface area contributed by atoms with Gasteiger partial charge in [0.05, 0.1) is 6.61 Å². The van der Waals surface area contributed by atoms with Crippen LogP contribution in [0.25, 0.3) is 0 Å². The van der Waals surface area contributed by atoms with Crippen molar-refractivity contribution in [1.29, 1.82) is 0 Å². The average molecular weight is 354 g/mol. The van der Waals surface area contributed by atoms with Gasteiger partial charge in [0, 0.05) is 17.2 Å². The number of carbonyl (C=O) groups excluding carboxylic acids is 2. The van der Waals surface area contributed by atoms with Gasteiger partial charge in [-0.1, -0.05) is 32.4 Å². The van der Waals surface area contributed by atoms with Crippen LogP contribution < -0.4 is 0 Å². The maximum absolute atomic E-state index is 13.1. The van der Waals surface area contributed by atoms with Gasteiger partial charge in [-0.2, -0.15) is 0 Å². The Hall–Kier alpha value is -1.64. The second-order valence-corrected chi connectivity index (χ2v) is 9.27. The van der Waals surface area contributed by atoms with Crippen LogP contribution in [0.3, 0.4) is 0 Å². The lowest BCUT2D eigenvalue weighted by Crippen LogP contribution is -2.57. The van der Waals surface area contributed by atoms with Gasteiger partial charge >= 0.3 is 0 Å². The maximum atomic E-state index is 13.1. The van der Waals surface area contributed by atoms with Crippen molar-refractivity contribution in [2.75, 3.05) is 6.61 Å². The van der Waals surface area contributed by atoms with E-state index in [-0.39, 0.29) is 34.1 Å². The third-order valence-corrected chi connectivity index (χ3v) is 8.18. The Morgan fingerprint density at radius 2 is 2.00 bits per heavy atom. The van der Waals surface area contributed by atoms with Crippen molar-refractivity contribution >= 4 is 11.6 Å². The zero-order valence-electron chi connectivity index (χ0n) is 16.6. The van der Waals surface area contributed by atoms with Crippen LogP contribution in [0.4, 0.5) is 0 Å². The lowest BCUT2D eigenvalue weighted by molar-refractivity contribution is -0.124. The van der Waals surface area contributed by atoms with Gasteiger partial charge in [-0.3, -0.25) is 9.59 Å². The first-order valence-corrected chi connectivity index (χ1v) is 10.1. The van der Waals surface area contributed by atoms with E-state index in [0.29, 0.717) is 24.9 Å². The van der Waals surface area contributed by atoms with Gasteiger partial charge in [-0.25, -0.2) is 0 Å². The molecular weight excluding hydrogens is 324 g/mol. The zero-order valence-corrected chi connectivity index (χ0v) is 16.6. The van der Waals surface area contributed by atoms with E-state index < -0.39 is 0 Å². The van der Waals surface area contributed by atoms with E-state index in [9.17, 15) is 9.59 Å². The molecule has 4 aliphatic carbocycles. The Balaban J connectivity index is 1.89. The molecule has 0 saturated heterocycles. The summed E-state index contributed by atoms with van der Waals surface area (Å²) in [4.78, 5) is 26.1. The van der Waals surface area contributed by atoms with Gasteiger partial charge in [-0.05, 0) is 68.1 Å². The minimum absolute atomic E-state index is 0.00336. The molecule has 4 rings (SSSR count). The molecule has 0 aliphatic heterocycles. The number of rotatable bonds is 2. The largest absolute Gasteiger partial charge is 0.490 e. The Bertz CT molecular complexity index is 783. The molecule has 0 amide bonds. The number of Topliss-reactive ketones (excluding diaryl/α,β-unsaturated/α-hetero) is 1. The number of allylic oxidation sites excluding steroid dienone is 5. The maximum Gasteiger partial charge on any atom is 0.224 e. The average Bonchev–Trinajstić information content (AvgIpc) is 2.59. The molecule has 5 atom stereocenters. The van der Waals surface area contributed by atoms with Crippen LogP contribution in [0.1, 0.15) is 60.3 Å². The summed E-state index contributed by atoms with van der Waals surface area (Å²) < 4.78 is 5.50. The highest BCUT2D eigenvalue weighted by atomic mass is 16.5. The molecule has 0 radical (unpaired) electrons. The van der Waals surface area contributed by atoms with Crippen molar-refractivity contribution in [2.24, 2.45) is 28.6 Å². The van der Waals surface area contributed by atoms with Crippen LogP contribution in [0.5, 0.6) is 0 Å². The number of ketones is 2. The van der Waals surface area contributed by atoms with Crippen LogP contribution >= 0.6 is 0 Å². The molecule has 1 fully saturated rings. The fraction of sp³-hybridized carbons (Fsp3) is 0.652. The molecular formula is C23H30O3. The predicted octanol–water partition coefficient (Wildman–Crippen LogP) is 4.78. The quantitative estimate of drug-likeness (QED) is 0.529. The van der Waals surface area contributed by atoms with E-state index in [1.807, 2.05) is 6.92 Å². The number of hydrogen-bond donors (Lipinski definition) is 0. The highest BCUT2D eigenvalue weighted by Crippen LogP contribution is 2.67. The first-order valence-electron chi connectivity index (χ1n) is 10.1. The number of ether oxygens (including phenoxy) is 1.